The van der Waals surface area contributed by atoms with Crippen LogP contribution in [0, 0.1) is 6.92 Å². The lowest BCUT2D eigenvalue weighted by Crippen LogP contribution is -2.36. The molecule has 0 bridgehead atoms. The monoisotopic (exact) mass is 297 g/mol. The first-order chi connectivity index (χ1) is 10.7. The third-order valence-electron chi connectivity index (χ3n) is 4.42. The predicted molar refractivity (Wildman–Crippen MR) is 86.6 cm³/mol. The first-order valence-electron chi connectivity index (χ1n) is 7.97. The first kappa shape index (κ1) is 15.1. The molecule has 1 aliphatic rings. The maximum absolute atomic E-state index is 10.3. The molecule has 1 aliphatic heterocycles. The summed E-state index contributed by atoms with van der Waals surface area (Å²) in [6, 6.07) is 11.9. The number of piperidine rings is 1. The van der Waals surface area contributed by atoms with Crippen molar-refractivity contribution in [3.63, 3.8) is 0 Å². The van der Waals surface area contributed by atoms with Crippen molar-refractivity contribution in [3.05, 3.63) is 59.7 Å². The number of nitrogens with zero attached hydrogens (tertiary/aromatic N) is 3. The highest BCUT2D eigenvalue weighted by molar-refractivity contribution is 5.17. The lowest BCUT2D eigenvalue weighted by atomic mass is 9.93. The van der Waals surface area contributed by atoms with Crippen LogP contribution in [0.3, 0.4) is 0 Å². The van der Waals surface area contributed by atoms with Gasteiger partial charge >= 0.3 is 0 Å². The molecule has 4 nitrogen and oxygen atoms in total. The van der Waals surface area contributed by atoms with E-state index in [1.807, 2.05) is 49.5 Å². The van der Waals surface area contributed by atoms with Gasteiger partial charge in [0.25, 0.3) is 0 Å². The van der Waals surface area contributed by atoms with Crippen LogP contribution in [0.15, 0.2) is 42.6 Å². The molecule has 116 valence electrons. The highest BCUT2D eigenvalue weighted by atomic mass is 16.3. The van der Waals surface area contributed by atoms with Crippen molar-refractivity contribution in [2.75, 3.05) is 19.6 Å². The Balaban J connectivity index is 1.54. The van der Waals surface area contributed by atoms with Crippen LogP contribution in [0.4, 0.5) is 0 Å². The summed E-state index contributed by atoms with van der Waals surface area (Å²) in [4.78, 5) is 11.1. The van der Waals surface area contributed by atoms with Crippen LogP contribution in [0.25, 0.3) is 0 Å². The third kappa shape index (κ3) is 3.70. The molecule has 1 aromatic heterocycles. The van der Waals surface area contributed by atoms with E-state index in [1.165, 1.54) is 0 Å². The molecule has 3 rings (SSSR count). The summed E-state index contributed by atoms with van der Waals surface area (Å²) in [6.45, 7) is 4.67. The molecule has 2 aromatic rings. The molecule has 0 aliphatic carbocycles. The van der Waals surface area contributed by atoms with Crippen LogP contribution in [0.1, 0.15) is 41.9 Å². The summed E-state index contributed by atoms with van der Waals surface area (Å²) in [6.07, 6.45) is 3.64. The highest BCUT2D eigenvalue weighted by Gasteiger charge is 2.23. The number of aliphatic hydroxyl groups excluding tert-OH is 1. The second-order valence-corrected chi connectivity index (χ2v) is 6.03. The average molecular weight is 297 g/mol. The summed E-state index contributed by atoms with van der Waals surface area (Å²) in [5.41, 5.74) is 2.16. The van der Waals surface area contributed by atoms with Gasteiger partial charge < -0.3 is 10.0 Å². The molecular formula is C18H23N3O. The molecule has 4 heteroatoms. The second kappa shape index (κ2) is 6.99. The number of aliphatic hydroxyl groups is 1. The average Bonchev–Trinajstić information content (AvgIpc) is 2.56. The van der Waals surface area contributed by atoms with E-state index in [-0.39, 0.29) is 0 Å². The standard InChI is InChI=1S/C18H23N3O/c1-14-19-10-7-17(20-14)15-8-11-21(12-9-15)13-18(22)16-5-3-2-4-6-16/h2-7,10,15,18,22H,8-9,11-13H2,1H3. The SMILES string of the molecule is Cc1nccc(C2CCN(CC(O)c3ccccc3)CC2)n1. The maximum Gasteiger partial charge on any atom is 0.125 e. The molecular weight excluding hydrogens is 274 g/mol. The smallest absolute Gasteiger partial charge is 0.125 e. The fraction of sp³-hybridized carbons (Fsp3) is 0.444. The molecule has 1 atom stereocenters. The molecule has 0 saturated carbocycles. The molecule has 0 amide bonds. The number of aromatic nitrogens is 2. The Labute approximate surface area is 131 Å². The van der Waals surface area contributed by atoms with E-state index in [2.05, 4.69) is 14.9 Å². The van der Waals surface area contributed by atoms with Crippen LogP contribution < -0.4 is 0 Å². The Morgan fingerprint density at radius 2 is 1.91 bits per heavy atom. The Kier molecular flexibility index (Phi) is 4.80. The highest BCUT2D eigenvalue weighted by Crippen LogP contribution is 2.27. The van der Waals surface area contributed by atoms with Crippen molar-refractivity contribution in [2.24, 2.45) is 0 Å². The van der Waals surface area contributed by atoms with Gasteiger partial charge in [0.05, 0.1) is 6.10 Å². The summed E-state index contributed by atoms with van der Waals surface area (Å²) in [5, 5.41) is 10.3. The van der Waals surface area contributed by atoms with Gasteiger partial charge in [-0.2, -0.15) is 0 Å². The maximum atomic E-state index is 10.3. The Bertz CT molecular complexity index is 594. The number of hydrogen-bond donors (Lipinski definition) is 1. The minimum absolute atomic E-state index is 0.404. The van der Waals surface area contributed by atoms with Gasteiger partial charge in [-0.25, -0.2) is 9.97 Å². The van der Waals surface area contributed by atoms with Crippen molar-refractivity contribution in [2.45, 2.75) is 31.8 Å². The molecule has 2 heterocycles. The molecule has 1 N–H and O–H groups in total. The Hall–Kier alpha value is -1.78. The van der Waals surface area contributed by atoms with Crippen molar-refractivity contribution < 1.29 is 5.11 Å². The number of aryl methyl sites for hydroxylation is 1. The van der Waals surface area contributed by atoms with Crippen molar-refractivity contribution in [1.29, 1.82) is 0 Å². The van der Waals surface area contributed by atoms with E-state index in [0.717, 1.165) is 43.0 Å². The predicted octanol–water partition coefficient (Wildman–Crippen LogP) is 2.70. The molecule has 1 fully saturated rings. The van der Waals surface area contributed by atoms with Crippen molar-refractivity contribution in [1.82, 2.24) is 14.9 Å². The lowest BCUT2D eigenvalue weighted by Gasteiger charge is -2.33. The first-order valence-corrected chi connectivity index (χ1v) is 7.97. The van der Waals surface area contributed by atoms with E-state index in [9.17, 15) is 5.11 Å². The van der Waals surface area contributed by atoms with Crippen molar-refractivity contribution >= 4 is 0 Å². The zero-order chi connectivity index (χ0) is 15.4. The normalized spacial score (nSPS) is 18.3. The van der Waals surface area contributed by atoms with Gasteiger partial charge in [-0.15, -0.1) is 0 Å². The van der Waals surface area contributed by atoms with E-state index >= 15 is 0 Å². The lowest BCUT2D eigenvalue weighted by molar-refractivity contribution is 0.0969. The fourth-order valence-corrected chi connectivity index (χ4v) is 3.14. The number of β-amino-alcohol motifs (C(OH)–C–C–N with tert-alkyl or cyclic N) is 1. The number of likely N-dealkylation sites (tertiary alicyclic amines) is 1. The zero-order valence-corrected chi connectivity index (χ0v) is 13.0. The van der Waals surface area contributed by atoms with E-state index < -0.39 is 6.10 Å². The number of benzene rings is 1. The molecule has 22 heavy (non-hydrogen) atoms. The van der Waals surface area contributed by atoms with Gasteiger partial charge in [0.1, 0.15) is 5.82 Å². The summed E-state index contributed by atoms with van der Waals surface area (Å²) < 4.78 is 0. The minimum atomic E-state index is -0.404. The van der Waals surface area contributed by atoms with Crippen LogP contribution >= 0.6 is 0 Å². The topological polar surface area (TPSA) is 49.2 Å². The van der Waals surface area contributed by atoms with E-state index in [4.69, 9.17) is 0 Å². The third-order valence-corrected chi connectivity index (χ3v) is 4.42. The van der Waals surface area contributed by atoms with Crippen LogP contribution in [0.5, 0.6) is 0 Å². The quantitative estimate of drug-likeness (QED) is 0.942. The fourth-order valence-electron chi connectivity index (χ4n) is 3.14. The van der Waals surface area contributed by atoms with Gasteiger partial charge in [0.2, 0.25) is 0 Å². The molecule has 1 saturated heterocycles. The van der Waals surface area contributed by atoms with Gasteiger partial charge in [-0.3, -0.25) is 0 Å². The van der Waals surface area contributed by atoms with Gasteiger partial charge in [-0.05, 0) is 44.5 Å². The summed E-state index contributed by atoms with van der Waals surface area (Å²) >= 11 is 0. The van der Waals surface area contributed by atoms with Crippen LogP contribution in [-0.4, -0.2) is 39.6 Å². The van der Waals surface area contributed by atoms with E-state index in [1.54, 1.807) is 0 Å². The van der Waals surface area contributed by atoms with Gasteiger partial charge in [0, 0.05) is 24.4 Å². The van der Waals surface area contributed by atoms with Gasteiger partial charge in [0.15, 0.2) is 0 Å². The van der Waals surface area contributed by atoms with E-state index in [0.29, 0.717) is 12.5 Å². The molecule has 0 radical (unpaired) electrons. The van der Waals surface area contributed by atoms with Crippen LogP contribution in [0.2, 0.25) is 0 Å². The molecule has 1 aromatic carbocycles. The van der Waals surface area contributed by atoms with Crippen molar-refractivity contribution in [3.8, 4) is 0 Å². The van der Waals surface area contributed by atoms with Gasteiger partial charge in [-0.1, -0.05) is 30.3 Å². The zero-order valence-electron chi connectivity index (χ0n) is 13.0. The molecule has 1 unspecified atom stereocenters. The number of rotatable bonds is 4. The second-order valence-electron chi connectivity index (χ2n) is 6.03. The summed E-state index contributed by atoms with van der Waals surface area (Å²) in [7, 11) is 0. The molecule has 0 spiro atoms. The minimum Gasteiger partial charge on any atom is -0.387 e. The Morgan fingerprint density at radius 1 is 1.18 bits per heavy atom. The largest absolute Gasteiger partial charge is 0.387 e. The van der Waals surface area contributed by atoms with Crippen LogP contribution in [-0.2, 0) is 0 Å². The summed E-state index contributed by atoms with van der Waals surface area (Å²) in [5.74, 6) is 1.37. The number of hydrogen-bond acceptors (Lipinski definition) is 4. The Morgan fingerprint density at radius 3 is 2.59 bits per heavy atom.